The third-order valence-corrected chi connectivity index (χ3v) is 2.96. The molecule has 1 fully saturated rings. The summed E-state index contributed by atoms with van der Waals surface area (Å²) in [4.78, 5) is 13.5. The molecule has 1 aliphatic rings. The SMILES string of the molecule is CN(C)c1ccc(C=C2CCCC2=O)cc1. The first-order chi connectivity index (χ1) is 7.66. The summed E-state index contributed by atoms with van der Waals surface area (Å²) < 4.78 is 0. The normalized spacial score (nSPS) is 18.1. The smallest absolute Gasteiger partial charge is 0.158 e. The van der Waals surface area contributed by atoms with E-state index in [9.17, 15) is 4.79 Å². The van der Waals surface area contributed by atoms with Crippen molar-refractivity contribution in [2.75, 3.05) is 19.0 Å². The fourth-order valence-electron chi connectivity index (χ4n) is 1.96. The van der Waals surface area contributed by atoms with Crippen molar-refractivity contribution in [1.29, 1.82) is 0 Å². The van der Waals surface area contributed by atoms with Crippen LogP contribution in [-0.2, 0) is 4.79 Å². The Morgan fingerprint density at radius 1 is 1.12 bits per heavy atom. The molecule has 84 valence electrons. The largest absolute Gasteiger partial charge is 0.378 e. The first kappa shape index (κ1) is 10.9. The second-order valence-corrected chi connectivity index (χ2v) is 4.43. The van der Waals surface area contributed by atoms with Crippen LogP contribution in [0.3, 0.4) is 0 Å². The van der Waals surface area contributed by atoms with Crippen LogP contribution in [0.15, 0.2) is 29.8 Å². The number of carbonyl (C=O) groups is 1. The minimum Gasteiger partial charge on any atom is -0.378 e. The van der Waals surface area contributed by atoms with Crippen molar-refractivity contribution < 1.29 is 4.79 Å². The molecule has 0 saturated heterocycles. The number of anilines is 1. The van der Waals surface area contributed by atoms with Gasteiger partial charge in [-0.15, -0.1) is 0 Å². The van der Waals surface area contributed by atoms with Gasteiger partial charge in [-0.2, -0.15) is 0 Å². The molecule has 1 aliphatic carbocycles. The summed E-state index contributed by atoms with van der Waals surface area (Å²) in [6, 6.07) is 8.28. The van der Waals surface area contributed by atoms with Crippen LogP contribution in [-0.4, -0.2) is 19.9 Å². The molecule has 2 heteroatoms. The van der Waals surface area contributed by atoms with Crippen LogP contribution in [0, 0.1) is 0 Å². The molecule has 0 aliphatic heterocycles. The Hall–Kier alpha value is -1.57. The van der Waals surface area contributed by atoms with Gasteiger partial charge >= 0.3 is 0 Å². The number of ketones is 1. The summed E-state index contributed by atoms with van der Waals surface area (Å²) in [5, 5.41) is 0. The molecule has 0 radical (unpaired) electrons. The van der Waals surface area contributed by atoms with Crippen molar-refractivity contribution in [2.45, 2.75) is 19.3 Å². The van der Waals surface area contributed by atoms with E-state index in [1.54, 1.807) is 0 Å². The minimum absolute atomic E-state index is 0.316. The number of allylic oxidation sites excluding steroid dienone is 1. The molecule has 16 heavy (non-hydrogen) atoms. The van der Waals surface area contributed by atoms with Gasteiger partial charge in [-0.1, -0.05) is 12.1 Å². The number of hydrogen-bond acceptors (Lipinski definition) is 2. The molecule has 1 saturated carbocycles. The molecule has 0 heterocycles. The van der Waals surface area contributed by atoms with E-state index in [0.29, 0.717) is 5.78 Å². The van der Waals surface area contributed by atoms with Crippen molar-refractivity contribution in [3.8, 4) is 0 Å². The second kappa shape index (κ2) is 4.52. The molecule has 0 amide bonds. The Morgan fingerprint density at radius 2 is 1.81 bits per heavy atom. The molecule has 0 atom stereocenters. The summed E-state index contributed by atoms with van der Waals surface area (Å²) >= 11 is 0. The summed E-state index contributed by atoms with van der Waals surface area (Å²) in [6.45, 7) is 0. The number of rotatable bonds is 2. The Kier molecular flexibility index (Phi) is 3.09. The third-order valence-electron chi connectivity index (χ3n) is 2.96. The number of Topliss-reactive ketones (excluding diaryl/α,β-unsaturated/α-hetero) is 1. The van der Waals surface area contributed by atoms with Crippen molar-refractivity contribution >= 4 is 17.5 Å². The highest BCUT2D eigenvalue weighted by molar-refractivity contribution is 6.01. The van der Waals surface area contributed by atoms with Gasteiger partial charge in [0.2, 0.25) is 0 Å². The maximum absolute atomic E-state index is 11.5. The zero-order chi connectivity index (χ0) is 11.5. The van der Waals surface area contributed by atoms with E-state index in [-0.39, 0.29) is 0 Å². The van der Waals surface area contributed by atoms with Gasteiger partial charge in [-0.25, -0.2) is 0 Å². The maximum atomic E-state index is 11.5. The zero-order valence-electron chi connectivity index (χ0n) is 9.86. The molecule has 0 aromatic heterocycles. The van der Waals surface area contributed by atoms with E-state index in [2.05, 4.69) is 29.2 Å². The lowest BCUT2D eigenvalue weighted by Crippen LogP contribution is -2.07. The average molecular weight is 215 g/mol. The Bertz CT molecular complexity index is 415. The minimum atomic E-state index is 0.316. The van der Waals surface area contributed by atoms with Gasteiger partial charge in [0.1, 0.15) is 0 Å². The Labute approximate surface area is 96.6 Å². The van der Waals surface area contributed by atoms with E-state index in [1.165, 1.54) is 5.69 Å². The van der Waals surface area contributed by atoms with Crippen LogP contribution in [0.4, 0.5) is 5.69 Å². The zero-order valence-corrected chi connectivity index (χ0v) is 9.86. The van der Waals surface area contributed by atoms with E-state index >= 15 is 0 Å². The Morgan fingerprint density at radius 3 is 2.31 bits per heavy atom. The lowest BCUT2D eigenvalue weighted by Gasteiger charge is -2.11. The lowest BCUT2D eigenvalue weighted by atomic mass is 10.1. The standard InChI is InChI=1S/C14H17NO/c1-15(2)13-8-6-11(7-9-13)10-12-4-3-5-14(12)16/h6-10H,3-5H2,1-2H3. The number of hydrogen-bond donors (Lipinski definition) is 0. The van der Waals surface area contributed by atoms with Crippen molar-refractivity contribution in [3.63, 3.8) is 0 Å². The van der Waals surface area contributed by atoms with Crippen LogP contribution in [0.5, 0.6) is 0 Å². The van der Waals surface area contributed by atoms with Crippen LogP contribution in [0.2, 0.25) is 0 Å². The fraction of sp³-hybridized carbons (Fsp3) is 0.357. The number of benzene rings is 1. The van der Waals surface area contributed by atoms with Gasteiger partial charge in [-0.3, -0.25) is 4.79 Å². The molecule has 2 rings (SSSR count). The number of carbonyl (C=O) groups excluding carboxylic acids is 1. The summed E-state index contributed by atoms with van der Waals surface area (Å²) in [7, 11) is 4.04. The van der Waals surface area contributed by atoms with Gasteiger partial charge in [0.25, 0.3) is 0 Å². The van der Waals surface area contributed by atoms with E-state index in [1.807, 2.05) is 20.2 Å². The first-order valence-electron chi connectivity index (χ1n) is 5.68. The predicted octanol–water partition coefficient (Wildman–Crippen LogP) is 2.89. The molecule has 1 aromatic carbocycles. The van der Waals surface area contributed by atoms with Gasteiger partial charge in [0, 0.05) is 26.2 Å². The lowest BCUT2D eigenvalue weighted by molar-refractivity contribution is -0.114. The second-order valence-electron chi connectivity index (χ2n) is 4.43. The molecular weight excluding hydrogens is 198 g/mol. The molecule has 0 bridgehead atoms. The quantitative estimate of drug-likeness (QED) is 0.707. The van der Waals surface area contributed by atoms with Crippen molar-refractivity contribution in [1.82, 2.24) is 0 Å². The molecular formula is C14H17NO. The summed E-state index contributed by atoms with van der Waals surface area (Å²) in [5.41, 5.74) is 3.29. The Balaban J connectivity index is 2.19. The highest BCUT2D eigenvalue weighted by atomic mass is 16.1. The molecule has 1 aromatic rings. The molecule has 0 spiro atoms. The van der Waals surface area contributed by atoms with E-state index in [0.717, 1.165) is 30.4 Å². The van der Waals surface area contributed by atoms with Crippen LogP contribution in [0.1, 0.15) is 24.8 Å². The summed E-state index contributed by atoms with van der Waals surface area (Å²) in [5.74, 6) is 0.316. The van der Waals surface area contributed by atoms with Crippen molar-refractivity contribution in [2.24, 2.45) is 0 Å². The third kappa shape index (κ3) is 2.32. The van der Waals surface area contributed by atoms with Gasteiger partial charge < -0.3 is 4.90 Å². The van der Waals surface area contributed by atoms with Crippen LogP contribution in [0.25, 0.3) is 6.08 Å². The van der Waals surface area contributed by atoms with Gasteiger partial charge in [-0.05, 0) is 42.2 Å². The predicted molar refractivity (Wildman–Crippen MR) is 67.6 cm³/mol. The topological polar surface area (TPSA) is 20.3 Å². The highest BCUT2D eigenvalue weighted by Gasteiger charge is 2.16. The van der Waals surface area contributed by atoms with E-state index < -0.39 is 0 Å². The van der Waals surface area contributed by atoms with Crippen LogP contribution < -0.4 is 4.90 Å². The van der Waals surface area contributed by atoms with Gasteiger partial charge in [0.15, 0.2) is 5.78 Å². The molecule has 0 N–H and O–H groups in total. The van der Waals surface area contributed by atoms with E-state index in [4.69, 9.17) is 0 Å². The van der Waals surface area contributed by atoms with Crippen molar-refractivity contribution in [3.05, 3.63) is 35.4 Å². The maximum Gasteiger partial charge on any atom is 0.158 e. The molecule has 0 unspecified atom stereocenters. The number of nitrogens with zero attached hydrogens (tertiary/aromatic N) is 1. The molecule has 2 nitrogen and oxygen atoms in total. The average Bonchev–Trinajstić information content (AvgIpc) is 2.65. The van der Waals surface area contributed by atoms with Crippen LogP contribution >= 0.6 is 0 Å². The monoisotopic (exact) mass is 215 g/mol. The highest BCUT2D eigenvalue weighted by Crippen LogP contribution is 2.23. The summed E-state index contributed by atoms with van der Waals surface area (Å²) in [6.07, 6.45) is 4.70. The first-order valence-corrected chi connectivity index (χ1v) is 5.68. The van der Waals surface area contributed by atoms with Gasteiger partial charge in [0.05, 0.1) is 0 Å². The fourth-order valence-corrected chi connectivity index (χ4v) is 1.96.